The summed E-state index contributed by atoms with van der Waals surface area (Å²) in [4.78, 5) is 21.3. The fourth-order valence-electron chi connectivity index (χ4n) is 2.92. The summed E-state index contributed by atoms with van der Waals surface area (Å²) in [6, 6.07) is 9.45. The predicted octanol–water partition coefficient (Wildman–Crippen LogP) is 2.48. The lowest BCUT2D eigenvalue weighted by atomic mass is 10.1. The van der Waals surface area contributed by atoms with Gasteiger partial charge in [-0.05, 0) is 18.2 Å². The van der Waals surface area contributed by atoms with Crippen molar-refractivity contribution in [3.63, 3.8) is 0 Å². The van der Waals surface area contributed by atoms with Crippen LogP contribution in [0.2, 0.25) is 0 Å². The van der Waals surface area contributed by atoms with Gasteiger partial charge in [-0.3, -0.25) is 4.79 Å². The highest BCUT2D eigenvalue weighted by atomic mass is 16.5. The summed E-state index contributed by atoms with van der Waals surface area (Å²) in [7, 11) is 3.47. The number of aromatic nitrogens is 3. The minimum absolute atomic E-state index is 0.109. The average Bonchev–Trinajstić information content (AvgIpc) is 2.95. The standard InChI is InChI=1S/C18H17N5O2/c1-23-7-6-14-15-11(9-19-17(24)16(14)23)10-20-18(22-15)21-12-4-3-5-13(8-12)25-2/h3-8,10H,9H2,1-2H3,(H,19,24)(H,20,21,22). The molecule has 2 aromatic heterocycles. The second-order valence-electron chi connectivity index (χ2n) is 5.80. The second-order valence-corrected chi connectivity index (χ2v) is 5.80. The van der Waals surface area contributed by atoms with Gasteiger partial charge >= 0.3 is 0 Å². The molecule has 3 heterocycles. The summed E-state index contributed by atoms with van der Waals surface area (Å²) >= 11 is 0. The van der Waals surface area contributed by atoms with Crippen LogP contribution in [0.25, 0.3) is 11.3 Å². The number of hydrogen-bond donors (Lipinski definition) is 2. The molecule has 0 saturated heterocycles. The Morgan fingerprint density at radius 3 is 3.04 bits per heavy atom. The molecule has 1 aromatic carbocycles. The molecule has 0 atom stereocenters. The van der Waals surface area contributed by atoms with Crippen LogP contribution in [-0.4, -0.2) is 27.6 Å². The van der Waals surface area contributed by atoms with Gasteiger partial charge in [-0.25, -0.2) is 9.97 Å². The van der Waals surface area contributed by atoms with Crippen LogP contribution >= 0.6 is 0 Å². The molecule has 0 unspecified atom stereocenters. The van der Waals surface area contributed by atoms with Crippen molar-refractivity contribution >= 4 is 17.5 Å². The Bertz CT molecular complexity index is 964. The highest BCUT2D eigenvalue weighted by Crippen LogP contribution is 2.30. The Labute approximate surface area is 144 Å². The molecule has 1 aliphatic rings. The first-order chi connectivity index (χ1) is 12.2. The van der Waals surface area contributed by atoms with E-state index in [0.717, 1.165) is 28.3 Å². The van der Waals surface area contributed by atoms with Gasteiger partial charge in [0.15, 0.2) is 0 Å². The van der Waals surface area contributed by atoms with Crippen LogP contribution in [0.3, 0.4) is 0 Å². The Morgan fingerprint density at radius 2 is 2.20 bits per heavy atom. The lowest BCUT2D eigenvalue weighted by molar-refractivity contribution is 0.0945. The third kappa shape index (κ3) is 2.69. The molecule has 7 heteroatoms. The Morgan fingerprint density at radius 1 is 1.32 bits per heavy atom. The van der Waals surface area contributed by atoms with E-state index in [2.05, 4.69) is 20.6 Å². The summed E-state index contributed by atoms with van der Waals surface area (Å²) in [5.41, 5.74) is 3.88. The SMILES string of the molecule is COc1cccc(Nc2ncc3c(n2)-c2ccn(C)c2C(=O)NC3)c1. The van der Waals surface area contributed by atoms with Gasteiger partial charge in [-0.2, -0.15) is 0 Å². The Kier molecular flexibility index (Phi) is 3.61. The molecule has 0 aliphatic carbocycles. The zero-order valence-corrected chi connectivity index (χ0v) is 13.9. The van der Waals surface area contributed by atoms with Crippen molar-refractivity contribution in [1.29, 1.82) is 0 Å². The maximum Gasteiger partial charge on any atom is 0.268 e. The van der Waals surface area contributed by atoms with Crippen LogP contribution in [0.5, 0.6) is 5.75 Å². The van der Waals surface area contributed by atoms with Crippen molar-refractivity contribution in [3.05, 3.63) is 54.0 Å². The first kappa shape index (κ1) is 15.2. The normalized spacial score (nSPS) is 12.6. The zero-order valence-electron chi connectivity index (χ0n) is 13.9. The monoisotopic (exact) mass is 335 g/mol. The maximum atomic E-state index is 12.3. The summed E-state index contributed by atoms with van der Waals surface area (Å²) in [5, 5.41) is 6.07. The minimum atomic E-state index is -0.109. The van der Waals surface area contributed by atoms with Gasteiger partial charge in [-0.1, -0.05) is 6.07 Å². The fraction of sp³-hybridized carbons (Fsp3) is 0.167. The molecule has 3 aromatic rings. The Balaban J connectivity index is 1.75. The third-order valence-corrected chi connectivity index (χ3v) is 4.17. The molecule has 7 nitrogen and oxygen atoms in total. The first-order valence-corrected chi connectivity index (χ1v) is 7.86. The number of carbonyl (C=O) groups excluding carboxylic acids is 1. The molecule has 0 saturated carbocycles. The highest BCUT2D eigenvalue weighted by Gasteiger charge is 2.24. The summed E-state index contributed by atoms with van der Waals surface area (Å²) < 4.78 is 7.03. The van der Waals surface area contributed by atoms with Crippen molar-refractivity contribution in [2.24, 2.45) is 7.05 Å². The van der Waals surface area contributed by atoms with Crippen molar-refractivity contribution in [2.45, 2.75) is 6.54 Å². The Hall–Kier alpha value is -3.35. The van der Waals surface area contributed by atoms with E-state index < -0.39 is 0 Å². The molecular formula is C18H17N5O2. The summed E-state index contributed by atoms with van der Waals surface area (Å²) in [6.45, 7) is 0.405. The number of fused-ring (bicyclic) bond motifs is 3. The topological polar surface area (TPSA) is 81.1 Å². The third-order valence-electron chi connectivity index (χ3n) is 4.17. The van der Waals surface area contributed by atoms with E-state index in [1.807, 2.05) is 43.6 Å². The van der Waals surface area contributed by atoms with E-state index in [4.69, 9.17) is 4.74 Å². The van der Waals surface area contributed by atoms with Gasteiger partial charge in [-0.15, -0.1) is 0 Å². The van der Waals surface area contributed by atoms with Gasteiger partial charge < -0.3 is 19.9 Å². The van der Waals surface area contributed by atoms with Gasteiger partial charge in [0.2, 0.25) is 5.95 Å². The zero-order chi connectivity index (χ0) is 17.4. The number of ether oxygens (including phenoxy) is 1. The van der Waals surface area contributed by atoms with Crippen LogP contribution in [0.4, 0.5) is 11.6 Å². The molecule has 4 rings (SSSR count). The van der Waals surface area contributed by atoms with Gasteiger partial charge in [0.1, 0.15) is 11.4 Å². The minimum Gasteiger partial charge on any atom is -0.497 e. The quantitative estimate of drug-likeness (QED) is 0.768. The van der Waals surface area contributed by atoms with Crippen LogP contribution < -0.4 is 15.4 Å². The molecule has 1 amide bonds. The number of methoxy groups -OCH3 is 1. The van der Waals surface area contributed by atoms with Crippen molar-refractivity contribution in [3.8, 4) is 17.0 Å². The highest BCUT2D eigenvalue weighted by molar-refractivity contribution is 6.00. The number of benzene rings is 1. The molecule has 2 N–H and O–H groups in total. The molecule has 0 bridgehead atoms. The van der Waals surface area contributed by atoms with Crippen LogP contribution in [0.15, 0.2) is 42.7 Å². The number of nitrogens with one attached hydrogen (secondary N) is 2. The number of rotatable bonds is 3. The average molecular weight is 335 g/mol. The van der Waals surface area contributed by atoms with Crippen molar-refractivity contribution < 1.29 is 9.53 Å². The molecule has 25 heavy (non-hydrogen) atoms. The van der Waals surface area contributed by atoms with Crippen LogP contribution in [-0.2, 0) is 13.6 Å². The first-order valence-electron chi connectivity index (χ1n) is 7.86. The number of amides is 1. The molecule has 0 spiro atoms. The number of aryl methyl sites for hydroxylation is 1. The fourth-order valence-corrected chi connectivity index (χ4v) is 2.92. The summed E-state index contributed by atoms with van der Waals surface area (Å²) in [5.74, 6) is 1.11. The predicted molar refractivity (Wildman–Crippen MR) is 93.9 cm³/mol. The van der Waals surface area contributed by atoms with E-state index in [9.17, 15) is 4.79 Å². The lowest BCUT2D eigenvalue weighted by Crippen LogP contribution is -2.23. The van der Waals surface area contributed by atoms with E-state index in [1.54, 1.807) is 17.9 Å². The van der Waals surface area contributed by atoms with E-state index in [-0.39, 0.29) is 5.91 Å². The molecular weight excluding hydrogens is 318 g/mol. The van der Waals surface area contributed by atoms with E-state index in [1.165, 1.54) is 0 Å². The van der Waals surface area contributed by atoms with E-state index in [0.29, 0.717) is 18.2 Å². The smallest absolute Gasteiger partial charge is 0.268 e. The van der Waals surface area contributed by atoms with Crippen molar-refractivity contribution in [1.82, 2.24) is 19.9 Å². The number of carbonyl (C=O) groups is 1. The molecule has 0 fully saturated rings. The number of anilines is 2. The van der Waals surface area contributed by atoms with Gasteiger partial charge in [0.25, 0.3) is 5.91 Å². The van der Waals surface area contributed by atoms with Gasteiger partial charge in [0, 0.05) is 48.9 Å². The molecule has 0 radical (unpaired) electrons. The maximum absolute atomic E-state index is 12.3. The largest absolute Gasteiger partial charge is 0.497 e. The lowest BCUT2D eigenvalue weighted by Gasteiger charge is -2.10. The summed E-state index contributed by atoms with van der Waals surface area (Å²) in [6.07, 6.45) is 3.60. The van der Waals surface area contributed by atoms with Gasteiger partial charge in [0.05, 0.1) is 12.8 Å². The van der Waals surface area contributed by atoms with Crippen molar-refractivity contribution in [2.75, 3.05) is 12.4 Å². The van der Waals surface area contributed by atoms with Crippen LogP contribution in [0.1, 0.15) is 16.1 Å². The number of nitrogens with zero attached hydrogens (tertiary/aromatic N) is 3. The number of hydrogen-bond acceptors (Lipinski definition) is 5. The van der Waals surface area contributed by atoms with Crippen LogP contribution in [0, 0.1) is 0 Å². The second kappa shape index (κ2) is 5.94. The van der Waals surface area contributed by atoms with E-state index >= 15 is 0 Å². The molecule has 126 valence electrons. The molecule has 1 aliphatic heterocycles.